The number of hydrogen-bond acceptors (Lipinski definition) is 4. The molecule has 0 spiro atoms. The van der Waals surface area contributed by atoms with E-state index in [1.54, 1.807) is 6.92 Å². The molecule has 3 nitrogen and oxygen atoms in total. The Labute approximate surface area is 73.5 Å². The van der Waals surface area contributed by atoms with E-state index in [0.717, 1.165) is 10.6 Å². The Balaban J connectivity index is 2.85. The lowest BCUT2D eigenvalue weighted by Crippen LogP contribution is -1.99. The minimum absolute atomic E-state index is 0.0279. The molecule has 0 aliphatic rings. The van der Waals surface area contributed by atoms with Crippen LogP contribution in [0.5, 0.6) is 0 Å². The van der Waals surface area contributed by atoms with Crippen LogP contribution < -0.4 is 0 Å². The molecule has 11 heavy (non-hydrogen) atoms. The molecule has 0 atom stereocenters. The van der Waals surface area contributed by atoms with Crippen LogP contribution in [0.2, 0.25) is 0 Å². The number of aliphatic carboxylic acids is 1. The third-order valence-electron chi connectivity index (χ3n) is 1.18. The van der Waals surface area contributed by atoms with E-state index in [2.05, 4.69) is 4.98 Å². The maximum atomic E-state index is 10.3. The van der Waals surface area contributed by atoms with Crippen LogP contribution in [0.15, 0.2) is 4.34 Å². The number of aromatic nitrogens is 1. The summed E-state index contributed by atoms with van der Waals surface area (Å²) in [5, 5.41) is 8.45. The van der Waals surface area contributed by atoms with Gasteiger partial charge in [0.2, 0.25) is 0 Å². The fraction of sp³-hybridized carbons (Fsp3) is 0.333. The van der Waals surface area contributed by atoms with E-state index in [0.29, 0.717) is 4.34 Å². The minimum Gasteiger partial charge on any atom is -0.481 e. The molecule has 0 saturated carbocycles. The summed E-state index contributed by atoms with van der Waals surface area (Å²) in [6.07, 6.45) is 0.0279. The molecule has 1 aromatic heterocycles. The number of thiazole rings is 1. The van der Waals surface area contributed by atoms with Crippen molar-refractivity contribution >= 4 is 29.9 Å². The zero-order chi connectivity index (χ0) is 8.43. The van der Waals surface area contributed by atoms with Gasteiger partial charge < -0.3 is 29.1 Å². The van der Waals surface area contributed by atoms with E-state index in [1.165, 1.54) is 11.3 Å². The summed E-state index contributed by atoms with van der Waals surface area (Å²) in [6.45, 7) is 1.77. The van der Waals surface area contributed by atoms with Crippen molar-refractivity contribution in [1.29, 1.82) is 0 Å². The second-order valence-corrected chi connectivity index (χ2v) is 3.79. The number of rotatable bonds is 2. The number of nitrogens with zero attached hydrogens (tertiary/aromatic N) is 1. The number of carboxylic acid groups (broad SMARTS) is 1. The zero-order valence-electron chi connectivity index (χ0n) is 5.83. The molecule has 0 saturated heterocycles. The molecule has 0 unspecified atom stereocenters. The quantitative estimate of drug-likeness (QED) is 0.703. The lowest BCUT2D eigenvalue weighted by Gasteiger charge is -1.95. The van der Waals surface area contributed by atoms with E-state index >= 15 is 0 Å². The normalized spacial score (nSPS) is 9.91. The SMILES string of the molecule is Cc1nc([S-])sc1CC(=O)O. The maximum Gasteiger partial charge on any atom is 0.307 e. The Bertz CT molecular complexity index is 282. The van der Waals surface area contributed by atoms with Crippen molar-refractivity contribution < 1.29 is 9.90 Å². The summed E-state index contributed by atoms with van der Waals surface area (Å²) >= 11 is 6.05. The molecule has 0 amide bonds. The second-order valence-electron chi connectivity index (χ2n) is 2.06. The first kappa shape index (κ1) is 8.42. The fourth-order valence-electron chi connectivity index (χ4n) is 0.703. The second kappa shape index (κ2) is 3.15. The predicted octanol–water partition coefficient (Wildman–Crippen LogP) is 0.984. The van der Waals surface area contributed by atoms with E-state index in [1.807, 2.05) is 0 Å². The van der Waals surface area contributed by atoms with Crippen molar-refractivity contribution in [3.05, 3.63) is 10.6 Å². The molecular weight excluding hydrogens is 182 g/mol. The van der Waals surface area contributed by atoms with Crippen molar-refractivity contribution in [3.8, 4) is 0 Å². The molecule has 1 aromatic rings. The Hall–Kier alpha value is -0.680. The minimum atomic E-state index is -0.841. The topological polar surface area (TPSA) is 50.2 Å². The van der Waals surface area contributed by atoms with Gasteiger partial charge in [-0.05, 0) is 11.3 Å². The summed E-state index contributed by atoms with van der Waals surface area (Å²) < 4.78 is 0.513. The smallest absolute Gasteiger partial charge is 0.307 e. The van der Waals surface area contributed by atoms with Gasteiger partial charge in [-0.3, -0.25) is 9.78 Å². The molecule has 0 bridgehead atoms. The van der Waals surface area contributed by atoms with Crippen molar-refractivity contribution in [3.63, 3.8) is 0 Å². The number of aryl methyl sites for hydroxylation is 1. The average Bonchev–Trinajstić information content (AvgIpc) is 2.09. The molecule has 1 heterocycles. The number of carbonyl (C=O) groups is 1. The van der Waals surface area contributed by atoms with Crippen molar-refractivity contribution in [2.75, 3.05) is 0 Å². The van der Waals surface area contributed by atoms with E-state index in [-0.39, 0.29) is 6.42 Å². The van der Waals surface area contributed by atoms with Gasteiger partial charge in [0.15, 0.2) is 0 Å². The number of carboxylic acids is 1. The highest BCUT2D eigenvalue weighted by molar-refractivity contribution is 7.62. The van der Waals surface area contributed by atoms with Gasteiger partial charge in [-0.15, -0.1) is 0 Å². The van der Waals surface area contributed by atoms with Crippen LogP contribution in [-0.2, 0) is 23.8 Å². The van der Waals surface area contributed by atoms with Gasteiger partial charge in [0.1, 0.15) is 0 Å². The standard InChI is InChI=1S/C6H7NO2S2/c1-3-4(2-5(8)9)11-6(10)7-3/h2H2,1H3,(H,7,10)(H,8,9)/p-1. The third-order valence-corrected chi connectivity index (χ3v) is 2.48. The molecule has 60 valence electrons. The Kier molecular flexibility index (Phi) is 2.41. The highest BCUT2D eigenvalue weighted by Crippen LogP contribution is 2.17. The summed E-state index contributed by atoms with van der Waals surface area (Å²) in [7, 11) is 0. The molecule has 0 aliphatic carbocycles. The molecule has 0 radical (unpaired) electrons. The average molecular weight is 188 g/mol. The Morgan fingerprint density at radius 3 is 2.82 bits per heavy atom. The lowest BCUT2D eigenvalue weighted by molar-refractivity contribution is -0.136. The molecule has 1 N–H and O–H groups in total. The first-order chi connectivity index (χ1) is 5.09. The molecule has 0 aliphatic heterocycles. The van der Waals surface area contributed by atoms with Gasteiger partial charge in [0, 0.05) is 5.69 Å². The molecule has 1 rings (SSSR count). The van der Waals surface area contributed by atoms with Crippen LogP contribution in [-0.4, -0.2) is 16.1 Å². The first-order valence-corrected chi connectivity index (χ1v) is 4.17. The van der Waals surface area contributed by atoms with Crippen molar-refractivity contribution in [1.82, 2.24) is 4.98 Å². The monoisotopic (exact) mass is 188 g/mol. The van der Waals surface area contributed by atoms with E-state index in [4.69, 9.17) is 17.7 Å². The predicted molar refractivity (Wildman–Crippen MR) is 43.8 cm³/mol. The third kappa shape index (κ3) is 2.13. The van der Waals surface area contributed by atoms with Crippen LogP contribution >= 0.6 is 11.3 Å². The molecule has 0 aromatic carbocycles. The maximum absolute atomic E-state index is 10.3. The van der Waals surface area contributed by atoms with Gasteiger partial charge >= 0.3 is 5.97 Å². The largest absolute Gasteiger partial charge is 0.481 e. The summed E-state index contributed by atoms with van der Waals surface area (Å²) in [5.74, 6) is -0.841. The fourth-order valence-corrected chi connectivity index (χ4v) is 1.92. The molecule has 0 fully saturated rings. The van der Waals surface area contributed by atoms with Crippen LogP contribution in [0.25, 0.3) is 0 Å². The van der Waals surface area contributed by atoms with Crippen molar-refractivity contribution in [2.24, 2.45) is 0 Å². The zero-order valence-corrected chi connectivity index (χ0v) is 7.46. The van der Waals surface area contributed by atoms with E-state index < -0.39 is 5.97 Å². The van der Waals surface area contributed by atoms with Gasteiger partial charge in [0.25, 0.3) is 0 Å². The van der Waals surface area contributed by atoms with Gasteiger partial charge in [-0.2, -0.15) is 0 Å². The van der Waals surface area contributed by atoms with Crippen LogP contribution in [0.3, 0.4) is 0 Å². The molecular formula is C6H6NO2S2-. The number of hydrogen-bond donors (Lipinski definition) is 1. The lowest BCUT2D eigenvalue weighted by atomic mass is 10.3. The highest BCUT2D eigenvalue weighted by Gasteiger charge is 2.01. The summed E-state index contributed by atoms with van der Waals surface area (Å²) in [5.41, 5.74) is 0.738. The molecule has 5 heteroatoms. The van der Waals surface area contributed by atoms with Gasteiger partial charge in [0.05, 0.1) is 6.42 Å². The van der Waals surface area contributed by atoms with Crippen LogP contribution in [0, 0.1) is 6.92 Å². The Morgan fingerprint density at radius 2 is 2.45 bits per heavy atom. The summed E-state index contributed by atoms with van der Waals surface area (Å²) in [4.78, 5) is 15.0. The van der Waals surface area contributed by atoms with Crippen LogP contribution in [0.4, 0.5) is 0 Å². The van der Waals surface area contributed by atoms with E-state index in [9.17, 15) is 4.79 Å². The van der Waals surface area contributed by atoms with Crippen molar-refractivity contribution in [2.45, 2.75) is 17.7 Å². The van der Waals surface area contributed by atoms with Gasteiger partial charge in [-0.1, -0.05) is 4.88 Å². The highest BCUT2D eigenvalue weighted by atomic mass is 32.2. The Morgan fingerprint density at radius 1 is 1.82 bits per heavy atom. The summed E-state index contributed by atoms with van der Waals surface area (Å²) in [6, 6.07) is 0. The van der Waals surface area contributed by atoms with Crippen LogP contribution in [0.1, 0.15) is 10.6 Å². The first-order valence-electron chi connectivity index (χ1n) is 2.94. The van der Waals surface area contributed by atoms with Gasteiger partial charge in [-0.25, -0.2) is 0 Å².